The molecular formula is C19H28N2O2. The molecule has 2 atom stereocenters. The number of likely N-dealkylation sites (N-methyl/N-ethyl adjacent to an activating group) is 1. The lowest BCUT2D eigenvalue weighted by molar-refractivity contribution is -0.132. The second-order valence-electron chi connectivity index (χ2n) is 6.66. The van der Waals surface area contributed by atoms with Crippen molar-refractivity contribution >= 4 is 5.91 Å². The van der Waals surface area contributed by atoms with Gasteiger partial charge < -0.3 is 9.64 Å². The van der Waals surface area contributed by atoms with Gasteiger partial charge in [-0.05, 0) is 56.5 Å². The van der Waals surface area contributed by atoms with Gasteiger partial charge >= 0.3 is 0 Å². The molecule has 2 unspecified atom stereocenters. The fourth-order valence-corrected chi connectivity index (χ4v) is 4.20. The molecule has 1 aromatic rings. The Hall–Kier alpha value is -1.55. The first-order valence-corrected chi connectivity index (χ1v) is 8.89. The average molecular weight is 316 g/mol. The predicted octanol–water partition coefficient (Wildman–Crippen LogP) is 2.71. The molecule has 2 aliphatic rings. The van der Waals surface area contributed by atoms with Gasteiger partial charge in [0.05, 0.1) is 13.5 Å². The topological polar surface area (TPSA) is 32.8 Å². The van der Waals surface area contributed by atoms with E-state index < -0.39 is 0 Å². The van der Waals surface area contributed by atoms with E-state index in [1.807, 2.05) is 24.3 Å². The zero-order valence-corrected chi connectivity index (χ0v) is 14.3. The molecule has 0 radical (unpaired) electrons. The first-order chi connectivity index (χ1) is 11.2. The normalized spacial score (nSPS) is 25.0. The molecule has 0 saturated carbocycles. The Morgan fingerprint density at radius 1 is 1.13 bits per heavy atom. The van der Waals surface area contributed by atoms with Crippen LogP contribution in [0.25, 0.3) is 0 Å². The Labute approximate surface area is 139 Å². The molecular weight excluding hydrogens is 288 g/mol. The number of nitrogens with zero attached hydrogens (tertiary/aromatic N) is 2. The van der Waals surface area contributed by atoms with E-state index in [1.54, 1.807) is 7.11 Å². The van der Waals surface area contributed by atoms with Crippen LogP contribution in [0.4, 0.5) is 0 Å². The van der Waals surface area contributed by atoms with Crippen LogP contribution in [0.5, 0.6) is 5.75 Å². The van der Waals surface area contributed by atoms with Crippen molar-refractivity contribution in [2.45, 2.75) is 51.1 Å². The second kappa shape index (κ2) is 7.35. The smallest absolute Gasteiger partial charge is 0.227 e. The van der Waals surface area contributed by atoms with Gasteiger partial charge in [0.2, 0.25) is 5.91 Å². The Bertz CT molecular complexity index is 529. The van der Waals surface area contributed by atoms with E-state index in [2.05, 4.69) is 16.7 Å². The SMILES string of the molecule is CCN1CCCC1C1CCCN1C(=O)Cc1ccc(OC)cc1. The Kier molecular flexibility index (Phi) is 5.21. The minimum atomic E-state index is 0.278. The van der Waals surface area contributed by atoms with Crippen LogP contribution < -0.4 is 4.74 Å². The number of rotatable bonds is 5. The van der Waals surface area contributed by atoms with E-state index in [4.69, 9.17) is 4.74 Å². The van der Waals surface area contributed by atoms with E-state index in [-0.39, 0.29) is 5.91 Å². The van der Waals surface area contributed by atoms with Gasteiger partial charge in [-0.2, -0.15) is 0 Å². The van der Waals surface area contributed by atoms with Gasteiger partial charge in [-0.3, -0.25) is 9.69 Å². The third-order valence-electron chi connectivity index (χ3n) is 5.40. The van der Waals surface area contributed by atoms with Crippen molar-refractivity contribution in [3.8, 4) is 5.75 Å². The molecule has 0 aromatic heterocycles. The lowest BCUT2D eigenvalue weighted by Crippen LogP contribution is -2.48. The molecule has 2 saturated heterocycles. The van der Waals surface area contributed by atoms with E-state index >= 15 is 0 Å². The first kappa shape index (κ1) is 16.3. The fourth-order valence-electron chi connectivity index (χ4n) is 4.20. The number of benzene rings is 1. The zero-order valence-electron chi connectivity index (χ0n) is 14.3. The van der Waals surface area contributed by atoms with Gasteiger partial charge in [0.15, 0.2) is 0 Å². The average Bonchev–Trinajstić information content (AvgIpc) is 3.23. The summed E-state index contributed by atoms with van der Waals surface area (Å²) in [5.41, 5.74) is 1.07. The van der Waals surface area contributed by atoms with Gasteiger partial charge in [-0.25, -0.2) is 0 Å². The molecule has 2 aliphatic heterocycles. The summed E-state index contributed by atoms with van der Waals surface area (Å²) in [5.74, 6) is 1.12. The van der Waals surface area contributed by atoms with Crippen LogP contribution >= 0.6 is 0 Å². The predicted molar refractivity (Wildman–Crippen MR) is 91.7 cm³/mol. The highest BCUT2D eigenvalue weighted by molar-refractivity contribution is 5.79. The second-order valence-corrected chi connectivity index (χ2v) is 6.66. The quantitative estimate of drug-likeness (QED) is 0.837. The van der Waals surface area contributed by atoms with Crippen LogP contribution in [0.15, 0.2) is 24.3 Å². The number of hydrogen-bond donors (Lipinski definition) is 0. The van der Waals surface area contributed by atoms with Crippen LogP contribution in [-0.4, -0.2) is 54.5 Å². The van der Waals surface area contributed by atoms with Crippen LogP contribution in [-0.2, 0) is 11.2 Å². The number of likely N-dealkylation sites (tertiary alicyclic amines) is 2. The maximum atomic E-state index is 12.8. The van der Waals surface area contributed by atoms with Crippen molar-refractivity contribution in [2.75, 3.05) is 26.7 Å². The standard InChI is InChI=1S/C19H28N2O2/c1-3-20-12-4-6-17(20)18-7-5-13-21(18)19(22)14-15-8-10-16(23-2)11-9-15/h8-11,17-18H,3-7,12-14H2,1-2H3. The van der Waals surface area contributed by atoms with E-state index in [9.17, 15) is 4.79 Å². The van der Waals surface area contributed by atoms with Crippen molar-refractivity contribution in [3.05, 3.63) is 29.8 Å². The molecule has 2 heterocycles. The molecule has 0 spiro atoms. The summed E-state index contributed by atoms with van der Waals surface area (Å²) in [6.45, 7) is 5.45. The summed E-state index contributed by atoms with van der Waals surface area (Å²) in [7, 11) is 1.66. The number of methoxy groups -OCH3 is 1. The summed E-state index contributed by atoms with van der Waals surface area (Å²) in [4.78, 5) is 17.5. The Morgan fingerprint density at radius 2 is 1.83 bits per heavy atom. The van der Waals surface area contributed by atoms with Gasteiger partial charge in [0.1, 0.15) is 5.75 Å². The largest absolute Gasteiger partial charge is 0.497 e. The van der Waals surface area contributed by atoms with Gasteiger partial charge in [-0.1, -0.05) is 19.1 Å². The van der Waals surface area contributed by atoms with Gasteiger partial charge in [-0.15, -0.1) is 0 Å². The minimum absolute atomic E-state index is 0.278. The molecule has 0 N–H and O–H groups in total. The summed E-state index contributed by atoms with van der Waals surface area (Å²) >= 11 is 0. The Morgan fingerprint density at radius 3 is 2.52 bits per heavy atom. The van der Waals surface area contributed by atoms with Gasteiger partial charge in [0, 0.05) is 18.6 Å². The molecule has 4 nitrogen and oxygen atoms in total. The third-order valence-corrected chi connectivity index (χ3v) is 5.40. The van der Waals surface area contributed by atoms with Crippen LogP contribution in [0.1, 0.15) is 38.2 Å². The maximum Gasteiger partial charge on any atom is 0.227 e. The van der Waals surface area contributed by atoms with Crippen molar-refractivity contribution in [3.63, 3.8) is 0 Å². The highest BCUT2D eigenvalue weighted by Gasteiger charge is 2.38. The molecule has 2 fully saturated rings. The lowest BCUT2D eigenvalue weighted by atomic mass is 10.0. The summed E-state index contributed by atoms with van der Waals surface area (Å²) < 4.78 is 5.18. The van der Waals surface area contributed by atoms with E-state index in [0.29, 0.717) is 18.5 Å². The molecule has 0 bridgehead atoms. The van der Waals surface area contributed by atoms with E-state index in [1.165, 1.54) is 19.4 Å². The third kappa shape index (κ3) is 3.52. The first-order valence-electron chi connectivity index (χ1n) is 8.89. The van der Waals surface area contributed by atoms with Crippen LogP contribution in [0, 0.1) is 0 Å². The highest BCUT2D eigenvalue weighted by Crippen LogP contribution is 2.30. The monoisotopic (exact) mass is 316 g/mol. The van der Waals surface area contributed by atoms with Crippen LogP contribution in [0.3, 0.4) is 0 Å². The highest BCUT2D eigenvalue weighted by atomic mass is 16.5. The summed E-state index contributed by atoms with van der Waals surface area (Å²) in [6.07, 6.45) is 5.32. The Balaban J connectivity index is 1.65. The number of carbonyl (C=O) groups excluding carboxylic acids is 1. The maximum absolute atomic E-state index is 12.8. The number of ether oxygens (including phenoxy) is 1. The number of carbonyl (C=O) groups is 1. The lowest BCUT2D eigenvalue weighted by Gasteiger charge is -2.34. The van der Waals surface area contributed by atoms with Crippen molar-refractivity contribution in [1.82, 2.24) is 9.80 Å². The van der Waals surface area contributed by atoms with Crippen molar-refractivity contribution < 1.29 is 9.53 Å². The molecule has 23 heavy (non-hydrogen) atoms. The van der Waals surface area contributed by atoms with Crippen molar-refractivity contribution in [1.29, 1.82) is 0 Å². The number of amides is 1. The summed E-state index contributed by atoms with van der Waals surface area (Å²) in [6, 6.07) is 8.84. The van der Waals surface area contributed by atoms with Crippen molar-refractivity contribution in [2.24, 2.45) is 0 Å². The zero-order chi connectivity index (χ0) is 16.2. The van der Waals surface area contributed by atoms with Gasteiger partial charge in [0.25, 0.3) is 0 Å². The molecule has 1 amide bonds. The minimum Gasteiger partial charge on any atom is -0.497 e. The fraction of sp³-hybridized carbons (Fsp3) is 0.632. The van der Waals surface area contributed by atoms with Crippen LogP contribution in [0.2, 0.25) is 0 Å². The van der Waals surface area contributed by atoms with E-state index in [0.717, 1.165) is 37.2 Å². The summed E-state index contributed by atoms with van der Waals surface area (Å²) in [5, 5.41) is 0. The molecule has 4 heteroatoms. The molecule has 1 aromatic carbocycles. The molecule has 126 valence electrons. The number of hydrogen-bond acceptors (Lipinski definition) is 3. The molecule has 3 rings (SSSR count). The molecule has 0 aliphatic carbocycles.